The van der Waals surface area contributed by atoms with Crippen molar-refractivity contribution in [1.29, 1.82) is 0 Å². The number of nitrogens with one attached hydrogen (secondary N) is 2. The lowest BCUT2D eigenvalue weighted by Gasteiger charge is -2.13. The molecule has 0 radical (unpaired) electrons. The zero-order chi connectivity index (χ0) is 15.7. The summed E-state index contributed by atoms with van der Waals surface area (Å²) >= 11 is 0. The van der Waals surface area contributed by atoms with Crippen molar-refractivity contribution in [2.45, 2.75) is 40.2 Å². The fraction of sp³-hybridized carbons (Fsp3) is 0.562. The molecular formula is C16H26N2O3. The number of rotatable bonds is 8. The fourth-order valence-electron chi connectivity index (χ4n) is 1.88. The molecule has 0 saturated carbocycles. The van der Waals surface area contributed by atoms with Crippen LogP contribution in [0.2, 0.25) is 0 Å². The molecule has 1 rings (SSSR count). The Balaban J connectivity index is 2.55. The number of carbonyl (C=O) groups excluding carboxylic acids is 1. The second kappa shape index (κ2) is 9.10. The Labute approximate surface area is 127 Å². The van der Waals surface area contributed by atoms with E-state index in [0.717, 1.165) is 23.5 Å². The van der Waals surface area contributed by atoms with Crippen LogP contribution in [-0.4, -0.2) is 31.8 Å². The van der Waals surface area contributed by atoms with Crippen molar-refractivity contribution < 1.29 is 14.3 Å². The van der Waals surface area contributed by atoms with Crippen LogP contribution in [0.1, 0.15) is 33.3 Å². The van der Waals surface area contributed by atoms with Crippen LogP contribution in [0.25, 0.3) is 0 Å². The molecule has 5 nitrogen and oxygen atoms in total. The van der Waals surface area contributed by atoms with Crippen LogP contribution >= 0.6 is 0 Å². The first-order chi connectivity index (χ1) is 10.1. The van der Waals surface area contributed by atoms with Gasteiger partial charge in [0.2, 0.25) is 0 Å². The molecule has 21 heavy (non-hydrogen) atoms. The largest absolute Gasteiger partial charge is 0.490 e. The number of urea groups is 1. The molecule has 2 amide bonds. The summed E-state index contributed by atoms with van der Waals surface area (Å²) in [6.45, 7) is 9.54. The maximum atomic E-state index is 11.5. The topological polar surface area (TPSA) is 59.6 Å². The van der Waals surface area contributed by atoms with Crippen LogP contribution < -0.4 is 20.1 Å². The average molecular weight is 294 g/mol. The van der Waals surface area contributed by atoms with E-state index in [2.05, 4.69) is 10.6 Å². The zero-order valence-corrected chi connectivity index (χ0v) is 13.4. The van der Waals surface area contributed by atoms with Gasteiger partial charge in [0.15, 0.2) is 11.5 Å². The Hall–Kier alpha value is -1.91. The van der Waals surface area contributed by atoms with Gasteiger partial charge in [-0.15, -0.1) is 0 Å². The molecule has 2 N–H and O–H groups in total. The van der Waals surface area contributed by atoms with Crippen LogP contribution in [0.3, 0.4) is 0 Å². The molecule has 0 aromatic heterocycles. The molecular weight excluding hydrogens is 268 g/mol. The van der Waals surface area contributed by atoms with Gasteiger partial charge in [-0.3, -0.25) is 0 Å². The Kier molecular flexibility index (Phi) is 7.43. The molecule has 0 fully saturated rings. The Morgan fingerprint density at radius 3 is 2.43 bits per heavy atom. The standard InChI is InChI=1S/C16H26N2O3/c1-5-20-14-8-7-13(11-15(14)21-6-2)9-10-17-16(19)18-12(3)4/h7-8,11-12H,5-6,9-10H2,1-4H3,(H2,17,18,19). The van der Waals surface area contributed by atoms with Crippen molar-refractivity contribution in [1.82, 2.24) is 10.6 Å². The predicted octanol–water partition coefficient (Wildman–Crippen LogP) is 2.73. The van der Waals surface area contributed by atoms with E-state index in [1.54, 1.807) is 0 Å². The second-order valence-corrected chi connectivity index (χ2v) is 4.95. The van der Waals surface area contributed by atoms with E-state index in [0.29, 0.717) is 19.8 Å². The van der Waals surface area contributed by atoms with E-state index in [1.165, 1.54) is 0 Å². The summed E-state index contributed by atoms with van der Waals surface area (Å²) in [6.07, 6.45) is 0.748. The van der Waals surface area contributed by atoms with Crippen molar-refractivity contribution in [3.63, 3.8) is 0 Å². The van der Waals surface area contributed by atoms with E-state index in [-0.39, 0.29) is 12.1 Å². The van der Waals surface area contributed by atoms with E-state index in [4.69, 9.17) is 9.47 Å². The van der Waals surface area contributed by atoms with Crippen molar-refractivity contribution in [3.8, 4) is 11.5 Å². The van der Waals surface area contributed by atoms with Crippen LogP contribution in [0.5, 0.6) is 11.5 Å². The normalized spacial score (nSPS) is 10.3. The maximum Gasteiger partial charge on any atom is 0.314 e. The molecule has 0 aliphatic carbocycles. The molecule has 0 saturated heterocycles. The van der Waals surface area contributed by atoms with Crippen LogP contribution in [0.4, 0.5) is 4.79 Å². The van der Waals surface area contributed by atoms with Gasteiger partial charge in [-0.25, -0.2) is 4.79 Å². The van der Waals surface area contributed by atoms with E-state index < -0.39 is 0 Å². The maximum absolute atomic E-state index is 11.5. The Morgan fingerprint density at radius 1 is 1.14 bits per heavy atom. The first-order valence-electron chi connectivity index (χ1n) is 7.49. The van der Waals surface area contributed by atoms with Gasteiger partial charge in [-0.05, 0) is 51.8 Å². The fourth-order valence-corrected chi connectivity index (χ4v) is 1.88. The quantitative estimate of drug-likeness (QED) is 0.775. The van der Waals surface area contributed by atoms with Gasteiger partial charge < -0.3 is 20.1 Å². The lowest BCUT2D eigenvalue weighted by Crippen LogP contribution is -2.40. The van der Waals surface area contributed by atoms with Crippen molar-refractivity contribution in [2.75, 3.05) is 19.8 Å². The predicted molar refractivity (Wildman–Crippen MR) is 84.2 cm³/mol. The molecule has 0 unspecified atom stereocenters. The number of benzene rings is 1. The first kappa shape index (κ1) is 17.1. The SMILES string of the molecule is CCOc1ccc(CCNC(=O)NC(C)C)cc1OCC. The van der Waals surface area contributed by atoms with E-state index in [1.807, 2.05) is 45.9 Å². The van der Waals surface area contributed by atoms with Crippen LogP contribution in [0, 0.1) is 0 Å². The number of hydrogen-bond acceptors (Lipinski definition) is 3. The molecule has 0 atom stereocenters. The van der Waals surface area contributed by atoms with E-state index in [9.17, 15) is 4.79 Å². The minimum atomic E-state index is -0.138. The number of carbonyl (C=O) groups is 1. The average Bonchev–Trinajstić information content (AvgIpc) is 2.41. The molecule has 0 spiro atoms. The lowest BCUT2D eigenvalue weighted by atomic mass is 10.1. The second-order valence-electron chi connectivity index (χ2n) is 4.95. The number of ether oxygens (including phenoxy) is 2. The molecule has 1 aromatic rings. The van der Waals surface area contributed by atoms with E-state index >= 15 is 0 Å². The molecule has 5 heteroatoms. The molecule has 0 aliphatic rings. The molecule has 1 aromatic carbocycles. The van der Waals surface area contributed by atoms with Gasteiger partial charge in [-0.1, -0.05) is 6.07 Å². The van der Waals surface area contributed by atoms with Gasteiger partial charge >= 0.3 is 6.03 Å². The Morgan fingerprint density at radius 2 is 1.81 bits per heavy atom. The van der Waals surface area contributed by atoms with Gasteiger partial charge in [0.25, 0.3) is 0 Å². The minimum absolute atomic E-state index is 0.138. The molecule has 0 heterocycles. The highest BCUT2D eigenvalue weighted by molar-refractivity contribution is 5.74. The van der Waals surface area contributed by atoms with Gasteiger partial charge in [0.05, 0.1) is 13.2 Å². The van der Waals surface area contributed by atoms with Crippen LogP contribution in [0.15, 0.2) is 18.2 Å². The highest BCUT2D eigenvalue weighted by atomic mass is 16.5. The van der Waals surface area contributed by atoms with Crippen LogP contribution in [-0.2, 0) is 6.42 Å². The first-order valence-corrected chi connectivity index (χ1v) is 7.49. The molecule has 118 valence electrons. The smallest absolute Gasteiger partial charge is 0.314 e. The highest BCUT2D eigenvalue weighted by Gasteiger charge is 2.07. The summed E-state index contributed by atoms with van der Waals surface area (Å²) in [5, 5.41) is 5.62. The van der Waals surface area contributed by atoms with Crippen molar-refractivity contribution in [2.24, 2.45) is 0 Å². The van der Waals surface area contributed by atoms with Gasteiger partial charge in [-0.2, -0.15) is 0 Å². The molecule has 0 bridgehead atoms. The number of hydrogen-bond donors (Lipinski definition) is 2. The third kappa shape index (κ3) is 6.38. The third-order valence-corrected chi connectivity index (χ3v) is 2.73. The van der Waals surface area contributed by atoms with Crippen molar-refractivity contribution >= 4 is 6.03 Å². The minimum Gasteiger partial charge on any atom is -0.490 e. The van der Waals surface area contributed by atoms with Gasteiger partial charge in [0.1, 0.15) is 0 Å². The van der Waals surface area contributed by atoms with Gasteiger partial charge in [0, 0.05) is 12.6 Å². The summed E-state index contributed by atoms with van der Waals surface area (Å²) in [5.74, 6) is 1.51. The van der Waals surface area contributed by atoms with Crippen molar-refractivity contribution in [3.05, 3.63) is 23.8 Å². The monoisotopic (exact) mass is 294 g/mol. The third-order valence-electron chi connectivity index (χ3n) is 2.73. The summed E-state index contributed by atoms with van der Waals surface area (Å²) in [7, 11) is 0. The highest BCUT2D eigenvalue weighted by Crippen LogP contribution is 2.28. The Bertz CT molecular complexity index is 447. The molecule has 0 aliphatic heterocycles. The summed E-state index contributed by atoms with van der Waals surface area (Å²) in [5.41, 5.74) is 1.10. The summed E-state index contributed by atoms with van der Waals surface area (Å²) in [4.78, 5) is 11.5. The lowest BCUT2D eigenvalue weighted by molar-refractivity contribution is 0.238. The zero-order valence-electron chi connectivity index (χ0n) is 13.4. The summed E-state index contributed by atoms with van der Waals surface area (Å²) in [6, 6.07) is 5.88. The number of amides is 2. The summed E-state index contributed by atoms with van der Waals surface area (Å²) < 4.78 is 11.1.